The summed E-state index contributed by atoms with van der Waals surface area (Å²) in [4.78, 5) is 20.4. The normalized spacial score (nSPS) is 15.5. The fourth-order valence-corrected chi connectivity index (χ4v) is 5.33. The Morgan fingerprint density at radius 3 is 2.46 bits per heavy atom. The van der Waals surface area contributed by atoms with Crippen molar-refractivity contribution in [1.29, 1.82) is 0 Å². The summed E-state index contributed by atoms with van der Waals surface area (Å²) in [6, 6.07) is 21.3. The van der Waals surface area contributed by atoms with Gasteiger partial charge in [0.15, 0.2) is 16.7 Å². The molecule has 1 aliphatic heterocycles. The van der Waals surface area contributed by atoms with Gasteiger partial charge >= 0.3 is 0 Å². The van der Waals surface area contributed by atoms with Crippen LogP contribution >= 0.6 is 27.7 Å². The van der Waals surface area contributed by atoms with Gasteiger partial charge in [0.2, 0.25) is 0 Å². The van der Waals surface area contributed by atoms with Gasteiger partial charge in [-0.05, 0) is 94.6 Å². The molecule has 0 aromatic heterocycles. The molecule has 6 nitrogen and oxygen atoms in total. The van der Waals surface area contributed by atoms with E-state index in [1.54, 1.807) is 12.0 Å². The van der Waals surface area contributed by atoms with Crippen molar-refractivity contribution in [1.82, 2.24) is 4.90 Å². The Hall–Kier alpha value is -3.23. The lowest BCUT2D eigenvalue weighted by atomic mass is 10.1. The van der Waals surface area contributed by atoms with Crippen molar-refractivity contribution < 1.29 is 19.0 Å². The average molecular weight is 582 g/mol. The van der Waals surface area contributed by atoms with Crippen LogP contribution in [0.25, 0.3) is 6.08 Å². The monoisotopic (exact) mass is 580 g/mol. The molecule has 1 amide bonds. The SMILES string of the molecule is CCCN1C(=O)/C(=C\c2cc(Br)c(OCc3ccccc3)c(OCC)c2)SC1=Nc1ccc(OC)cc1. The number of amidine groups is 1. The summed E-state index contributed by atoms with van der Waals surface area (Å²) in [7, 11) is 1.63. The quantitative estimate of drug-likeness (QED) is 0.233. The third-order valence-corrected chi connectivity index (χ3v) is 7.08. The molecule has 1 aliphatic rings. The predicted molar refractivity (Wildman–Crippen MR) is 154 cm³/mol. The number of rotatable bonds is 10. The van der Waals surface area contributed by atoms with Gasteiger partial charge in [-0.15, -0.1) is 0 Å². The van der Waals surface area contributed by atoms with Crippen molar-refractivity contribution in [2.24, 2.45) is 4.99 Å². The maximum Gasteiger partial charge on any atom is 0.266 e. The molecule has 0 spiro atoms. The number of methoxy groups -OCH3 is 1. The van der Waals surface area contributed by atoms with Gasteiger partial charge < -0.3 is 14.2 Å². The highest BCUT2D eigenvalue weighted by Gasteiger charge is 2.33. The fraction of sp³-hybridized carbons (Fsp3) is 0.241. The van der Waals surface area contributed by atoms with Gasteiger partial charge in [0.05, 0.1) is 28.8 Å². The lowest BCUT2D eigenvalue weighted by Gasteiger charge is -2.15. The molecule has 0 saturated carbocycles. The number of carbonyl (C=O) groups is 1. The standard InChI is InChI=1S/C29H29BrN2O4S/c1-4-15-32-28(33)26(37-29(32)31-22-11-13-23(34-3)14-12-22)18-21-16-24(30)27(25(17-21)35-5-2)36-19-20-9-7-6-8-10-20/h6-14,16-18H,4-5,15,19H2,1-3H3/b26-18+,31-29?. The molecule has 0 atom stereocenters. The van der Waals surface area contributed by atoms with E-state index in [0.29, 0.717) is 41.3 Å². The van der Waals surface area contributed by atoms with Crippen LogP contribution in [0.3, 0.4) is 0 Å². The molecule has 0 aliphatic carbocycles. The van der Waals surface area contributed by atoms with Gasteiger partial charge in [0.1, 0.15) is 12.4 Å². The van der Waals surface area contributed by atoms with E-state index in [0.717, 1.165) is 33.5 Å². The van der Waals surface area contributed by atoms with Crippen LogP contribution < -0.4 is 14.2 Å². The average Bonchev–Trinajstić information content (AvgIpc) is 3.18. The molecular formula is C29H29BrN2O4S. The Bertz CT molecular complexity index is 1290. The number of hydrogen-bond acceptors (Lipinski definition) is 6. The maximum atomic E-state index is 13.3. The van der Waals surface area contributed by atoms with Gasteiger partial charge in [-0.25, -0.2) is 4.99 Å². The first-order valence-electron chi connectivity index (χ1n) is 12.1. The minimum absolute atomic E-state index is 0.0578. The first kappa shape index (κ1) is 26.8. The zero-order valence-electron chi connectivity index (χ0n) is 21.1. The second kappa shape index (κ2) is 12.8. The maximum absolute atomic E-state index is 13.3. The number of ether oxygens (including phenoxy) is 3. The van der Waals surface area contributed by atoms with E-state index in [-0.39, 0.29) is 5.91 Å². The van der Waals surface area contributed by atoms with Crippen molar-refractivity contribution in [2.45, 2.75) is 26.9 Å². The molecule has 0 bridgehead atoms. The predicted octanol–water partition coefficient (Wildman–Crippen LogP) is 7.45. The Morgan fingerprint density at radius 2 is 1.78 bits per heavy atom. The number of hydrogen-bond donors (Lipinski definition) is 0. The van der Waals surface area contributed by atoms with Crippen LogP contribution in [0.1, 0.15) is 31.4 Å². The molecule has 0 radical (unpaired) electrons. The molecule has 0 unspecified atom stereocenters. The smallest absolute Gasteiger partial charge is 0.266 e. The summed E-state index contributed by atoms with van der Waals surface area (Å²) in [6.07, 6.45) is 2.70. The van der Waals surface area contributed by atoms with Crippen molar-refractivity contribution in [2.75, 3.05) is 20.3 Å². The summed E-state index contributed by atoms with van der Waals surface area (Å²) >= 11 is 5.01. The molecule has 3 aromatic carbocycles. The Labute approximate surface area is 230 Å². The zero-order valence-corrected chi connectivity index (χ0v) is 23.5. The topological polar surface area (TPSA) is 60.4 Å². The van der Waals surface area contributed by atoms with E-state index >= 15 is 0 Å². The van der Waals surface area contributed by atoms with Crippen LogP contribution in [-0.2, 0) is 11.4 Å². The first-order valence-corrected chi connectivity index (χ1v) is 13.7. The van der Waals surface area contributed by atoms with Crippen LogP contribution in [-0.4, -0.2) is 36.2 Å². The second-order valence-corrected chi connectivity index (χ2v) is 10.1. The van der Waals surface area contributed by atoms with E-state index < -0.39 is 0 Å². The van der Waals surface area contributed by atoms with Crippen LogP contribution in [0.2, 0.25) is 0 Å². The highest BCUT2D eigenvalue weighted by atomic mass is 79.9. The highest BCUT2D eigenvalue weighted by molar-refractivity contribution is 9.10. The van der Waals surface area contributed by atoms with E-state index in [2.05, 4.69) is 15.9 Å². The molecule has 4 rings (SSSR count). The molecule has 1 saturated heterocycles. The number of amides is 1. The van der Waals surface area contributed by atoms with E-state index in [9.17, 15) is 4.79 Å². The van der Waals surface area contributed by atoms with Crippen LogP contribution in [0.15, 0.2) is 81.1 Å². The van der Waals surface area contributed by atoms with E-state index in [4.69, 9.17) is 19.2 Å². The molecule has 3 aromatic rings. The fourth-order valence-electron chi connectivity index (χ4n) is 3.73. The number of aliphatic imine (C=N–C) groups is 1. The van der Waals surface area contributed by atoms with Crippen molar-refractivity contribution in [3.63, 3.8) is 0 Å². The summed E-state index contributed by atoms with van der Waals surface area (Å²) < 4.78 is 18.0. The number of thioether (sulfide) groups is 1. The zero-order chi connectivity index (χ0) is 26.2. The van der Waals surface area contributed by atoms with E-state index in [1.807, 2.05) is 86.7 Å². The third-order valence-electron chi connectivity index (χ3n) is 5.49. The van der Waals surface area contributed by atoms with Gasteiger partial charge in [-0.3, -0.25) is 9.69 Å². The minimum atomic E-state index is -0.0578. The van der Waals surface area contributed by atoms with Crippen LogP contribution in [0.4, 0.5) is 5.69 Å². The number of nitrogens with zero attached hydrogens (tertiary/aromatic N) is 2. The Kier molecular flexibility index (Phi) is 9.30. The van der Waals surface area contributed by atoms with Crippen LogP contribution in [0, 0.1) is 0 Å². The van der Waals surface area contributed by atoms with Gasteiger partial charge in [-0.1, -0.05) is 37.3 Å². The summed E-state index contributed by atoms with van der Waals surface area (Å²) in [6.45, 7) is 5.49. The lowest BCUT2D eigenvalue weighted by Crippen LogP contribution is -2.29. The third kappa shape index (κ3) is 6.76. The molecular weight excluding hydrogens is 552 g/mol. The molecule has 0 N–H and O–H groups in total. The second-order valence-electron chi connectivity index (χ2n) is 8.20. The lowest BCUT2D eigenvalue weighted by molar-refractivity contribution is -0.122. The van der Waals surface area contributed by atoms with E-state index in [1.165, 1.54) is 11.8 Å². The highest BCUT2D eigenvalue weighted by Crippen LogP contribution is 2.40. The summed E-state index contributed by atoms with van der Waals surface area (Å²) in [5.74, 6) is 1.95. The largest absolute Gasteiger partial charge is 0.497 e. The number of carbonyl (C=O) groups excluding carboxylic acids is 1. The first-order chi connectivity index (χ1) is 18.0. The number of halogens is 1. The van der Waals surface area contributed by atoms with Gasteiger partial charge in [0.25, 0.3) is 5.91 Å². The van der Waals surface area contributed by atoms with Gasteiger partial charge in [0, 0.05) is 6.54 Å². The minimum Gasteiger partial charge on any atom is -0.497 e. The van der Waals surface area contributed by atoms with Gasteiger partial charge in [-0.2, -0.15) is 0 Å². The summed E-state index contributed by atoms with van der Waals surface area (Å²) in [5.41, 5.74) is 2.66. The summed E-state index contributed by atoms with van der Waals surface area (Å²) in [5, 5.41) is 0.662. The number of benzene rings is 3. The van der Waals surface area contributed by atoms with Crippen LogP contribution in [0.5, 0.6) is 17.2 Å². The molecule has 8 heteroatoms. The molecule has 37 heavy (non-hydrogen) atoms. The molecule has 192 valence electrons. The van der Waals surface area contributed by atoms with Crippen molar-refractivity contribution >= 4 is 50.5 Å². The Morgan fingerprint density at radius 1 is 1.03 bits per heavy atom. The van der Waals surface area contributed by atoms with Crippen molar-refractivity contribution in [3.8, 4) is 17.2 Å². The Balaban J connectivity index is 1.61. The molecule has 1 fully saturated rings. The van der Waals surface area contributed by atoms with Crippen molar-refractivity contribution in [3.05, 3.63) is 87.2 Å². The molecule has 1 heterocycles.